The zero-order valence-electron chi connectivity index (χ0n) is 7.62. The second-order valence-corrected chi connectivity index (χ2v) is 4.51. The first-order valence-corrected chi connectivity index (χ1v) is 4.27. The summed E-state index contributed by atoms with van der Waals surface area (Å²) in [5, 5.41) is 3.66. The fraction of sp³-hybridized carbons (Fsp3) is 1.00. The van der Waals surface area contributed by atoms with E-state index in [4.69, 9.17) is 0 Å². The van der Waals surface area contributed by atoms with E-state index >= 15 is 0 Å². The first-order valence-electron chi connectivity index (χ1n) is 4.27. The van der Waals surface area contributed by atoms with Gasteiger partial charge in [0, 0.05) is 11.1 Å². The molecule has 1 heteroatoms. The molecule has 1 aliphatic rings. The van der Waals surface area contributed by atoms with Crippen LogP contribution in [0.5, 0.6) is 0 Å². The third-order valence-corrected chi connectivity index (χ3v) is 2.17. The Morgan fingerprint density at radius 2 is 1.80 bits per heavy atom. The van der Waals surface area contributed by atoms with Gasteiger partial charge >= 0.3 is 0 Å². The molecule has 1 N–H and O–H groups in total. The lowest BCUT2D eigenvalue weighted by Crippen LogP contribution is -2.44. The SMILES string of the molecule is CCC1(NC(C)(C)C)CC1. The predicted molar refractivity (Wildman–Crippen MR) is 45.1 cm³/mol. The van der Waals surface area contributed by atoms with Gasteiger partial charge in [0.05, 0.1) is 0 Å². The average molecular weight is 141 g/mol. The molecule has 0 aromatic heterocycles. The van der Waals surface area contributed by atoms with Crippen molar-refractivity contribution in [3.8, 4) is 0 Å². The van der Waals surface area contributed by atoms with Gasteiger partial charge in [-0.05, 0) is 40.0 Å². The quantitative estimate of drug-likeness (QED) is 0.622. The van der Waals surface area contributed by atoms with Crippen molar-refractivity contribution in [2.45, 2.75) is 58.0 Å². The van der Waals surface area contributed by atoms with Crippen molar-refractivity contribution in [3.05, 3.63) is 0 Å². The summed E-state index contributed by atoms with van der Waals surface area (Å²) in [4.78, 5) is 0. The Labute approximate surface area is 64.2 Å². The van der Waals surface area contributed by atoms with Crippen LogP contribution < -0.4 is 5.32 Å². The van der Waals surface area contributed by atoms with Crippen molar-refractivity contribution in [3.63, 3.8) is 0 Å². The summed E-state index contributed by atoms with van der Waals surface area (Å²) < 4.78 is 0. The molecule has 0 bridgehead atoms. The summed E-state index contributed by atoms with van der Waals surface area (Å²) in [5.74, 6) is 0. The van der Waals surface area contributed by atoms with Crippen molar-refractivity contribution in [2.75, 3.05) is 0 Å². The highest BCUT2D eigenvalue weighted by molar-refractivity contribution is 5.03. The largest absolute Gasteiger partial charge is 0.307 e. The van der Waals surface area contributed by atoms with Crippen LogP contribution in [0.1, 0.15) is 47.0 Å². The van der Waals surface area contributed by atoms with Crippen LogP contribution in [0.3, 0.4) is 0 Å². The second-order valence-electron chi connectivity index (χ2n) is 4.51. The minimum Gasteiger partial charge on any atom is -0.307 e. The van der Waals surface area contributed by atoms with Crippen LogP contribution in [-0.2, 0) is 0 Å². The number of hydrogen-bond donors (Lipinski definition) is 1. The molecule has 0 saturated heterocycles. The van der Waals surface area contributed by atoms with E-state index in [0.717, 1.165) is 0 Å². The maximum absolute atomic E-state index is 3.66. The summed E-state index contributed by atoms with van der Waals surface area (Å²) in [6, 6.07) is 0. The van der Waals surface area contributed by atoms with E-state index in [2.05, 4.69) is 33.0 Å². The molecule has 1 saturated carbocycles. The van der Waals surface area contributed by atoms with E-state index in [0.29, 0.717) is 11.1 Å². The summed E-state index contributed by atoms with van der Waals surface area (Å²) in [5.41, 5.74) is 0.824. The third kappa shape index (κ3) is 1.98. The van der Waals surface area contributed by atoms with E-state index < -0.39 is 0 Å². The van der Waals surface area contributed by atoms with E-state index in [1.165, 1.54) is 19.3 Å². The summed E-state index contributed by atoms with van der Waals surface area (Å²) in [6.07, 6.45) is 4.03. The van der Waals surface area contributed by atoms with E-state index in [-0.39, 0.29) is 0 Å². The molecule has 60 valence electrons. The minimum absolute atomic E-state index is 0.298. The molecule has 0 atom stereocenters. The molecule has 0 unspecified atom stereocenters. The van der Waals surface area contributed by atoms with Crippen LogP contribution in [0.15, 0.2) is 0 Å². The molecule has 0 aromatic carbocycles. The fourth-order valence-electron chi connectivity index (χ4n) is 1.51. The molecular formula is C9H19N. The van der Waals surface area contributed by atoms with E-state index in [1.54, 1.807) is 0 Å². The number of hydrogen-bond acceptors (Lipinski definition) is 1. The standard InChI is InChI=1S/C9H19N/c1-5-9(6-7-9)10-8(2,3)4/h10H,5-7H2,1-4H3. The summed E-state index contributed by atoms with van der Waals surface area (Å²) >= 11 is 0. The van der Waals surface area contributed by atoms with Gasteiger partial charge in [-0.25, -0.2) is 0 Å². The lowest BCUT2D eigenvalue weighted by Gasteiger charge is -2.27. The molecule has 0 radical (unpaired) electrons. The zero-order valence-corrected chi connectivity index (χ0v) is 7.62. The summed E-state index contributed by atoms with van der Waals surface area (Å²) in [7, 11) is 0. The molecule has 0 amide bonds. The van der Waals surface area contributed by atoms with Crippen molar-refractivity contribution in [2.24, 2.45) is 0 Å². The van der Waals surface area contributed by atoms with Gasteiger partial charge in [-0.1, -0.05) is 6.92 Å². The molecule has 1 rings (SSSR count). The first-order chi connectivity index (χ1) is 4.47. The van der Waals surface area contributed by atoms with Gasteiger partial charge < -0.3 is 5.32 Å². The highest BCUT2D eigenvalue weighted by Crippen LogP contribution is 2.39. The lowest BCUT2D eigenvalue weighted by atomic mass is 10.0. The first kappa shape index (κ1) is 8.06. The van der Waals surface area contributed by atoms with Crippen molar-refractivity contribution < 1.29 is 0 Å². The maximum atomic E-state index is 3.66. The topological polar surface area (TPSA) is 12.0 Å². The van der Waals surface area contributed by atoms with Crippen LogP contribution in [0, 0.1) is 0 Å². The van der Waals surface area contributed by atoms with Crippen LogP contribution >= 0.6 is 0 Å². The molecule has 0 heterocycles. The molecule has 0 aromatic rings. The van der Waals surface area contributed by atoms with E-state index in [1.807, 2.05) is 0 Å². The molecule has 0 aliphatic heterocycles. The van der Waals surface area contributed by atoms with Crippen molar-refractivity contribution in [1.82, 2.24) is 5.32 Å². The Bertz CT molecular complexity index is 117. The highest BCUT2D eigenvalue weighted by Gasteiger charge is 2.42. The highest BCUT2D eigenvalue weighted by atomic mass is 15.1. The van der Waals surface area contributed by atoms with Crippen LogP contribution in [-0.4, -0.2) is 11.1 Å². The smallest absolute Gasteiger partial charge is 0.0185 e. The molecule has 0 spiro atoms. The Morgan fingerprint density at radius 3 is 1.90 bits per heavy atom. The lowest BCUT2D eigenvalue weighted by molar-refractivity contribution is 0.337. The van der Waals surface area contributed by atoms with E-state index in [9.17, 15) is 0 Å². The molecule has 1 nitrogen and oxygen atoms in total. The zero-order chi connectivity index (χ0) is 7.83. The monoisotopic (exact) mass is 141 g/mol. The average Bonchev–Trinajstić information content (AvgIpc) is 2.45. The van der Waals surface area contributed by atoms with Crippen molar-refractivity contribution >= 4 is 0 Å². The van der Waals surface area contributed by atoms with Crippen LogP contribution in [0.2, 0.25) is 0 Å². The van der Waals surface area contributed by atoms with Gasteiger partial charge in [-0.2, -0.15) is 0 Å². The van der Waals surface area contributed by atoms with Gasteiger partial charge in [0.1, 0.15) is 0 Å². The Kier molecular flexibility index (Phi) is 1.80. The van der Waals surface area contributed by atoms with Gasteiger partial charge in [0.2, 0.25) is 0 Å². The van der Waals surface area contributed by atoms with Crippen LogP contribution in [0.4, 0.5) is 0 Å². The molecular weight excluding hydrogens is 122 g/mol. The van der Waals surface area contributed by atoms with Crippen LogP contribution in [0.25, 0.3) is 0 Å². The predicted octanol–water partition coefficient (Wildman–Crippen LogP) is 2.32. The van der Waals surface area contributed by atoms with Gasteiger partial charge in [-0.15, -0.1) is 0 Å². The normalized spacial score (nSPS) is 22.8. The number of rotatable bonds is 2. The maximum Gasteiger partial charge on any atom is 0.0185 e. The second kappa shape index (κ2) is 2.23. The summed E-state index contributed by atoms with van der Waals surface area (Å²) in [6.45, 7) is 8.99. The molecule has 10 heavy (non-hydrogen) atoms. The Hall–Kier alpha value is -0.0400. The third-order valence-electron chi connectivity index (χ3n) is 2.17. The van der Waals surface area contributed by atoms with Gasteiger partial charge in [-0.3, -0.25) is 0 Å². The minimum atomic E-state index is 0.298. The Morgan fingerprint density at radius 1 is 1.30 bits per heavy atom. The van der Waals surface area contributed by atoms with Crippen molar-refractivity contribution in [1.29, 1.82) is 0 Å². The molecule has 1 fully saturated rings. The van der Waals surface area contributed by atoms with Gasteiger partial charge in [0.15, 0.2) is 0 Å². The number of nitrogens with one attached hydrogen (secondary N) is 1. The molecule has 1 aliphatic carbocycles. The van der Waals surface area contributed by atoms with Gasteiger partial charge in [0.25, 0.3) is 0 Å². The Balaban J connectivity index is 2.38. The fourth-order valence-corrected chi connectivity index (χ4v) is 1.51.